The topological polar surface area (TPSA) is 73.3 Å². The summed E-state index contributed by atoms with van der Waals surface area (Å²) in [5.41, 5.74) is 3.49. The lowest BCUT2D eigenvalue weighted by atomic mass is 10.0. The van der Waals surface area contributed by atoms with Crippen LogP contribution in [-0.2, 0) is 0 Å². The smallest absolute Gasteiger partial charge is 0.256 e. The molecule has 5 rings (SSSR count). The summed E-state index contributed by atoms with van der Waals surface area (Å²) in [5, 5.41) is 3.75. The maximum absolute atomic E-state index is 13.2. The molecule has 6 heteroatoms. The summed E-state index contributed by atoms with van der Waals surface area (Å²) in [6.07, 6.45) is 3.44. The highest BCUT2D eigenvalue weighted by molar-refractivity contribution is 6.13. The van der Waals surface area contributed by atoms with Gasteiger partial charge in [-0.1, -0.05) is 18.2 Å². The number of ether oxygens (including phenoxy) is 2. The second-order valence-corrected chi connectivity index (χ2v) is 6.63. The number of hydrogen-bond acceptors (Lipinski definition) is 5. The molecule has 142 valence electrons. The van der Waals surface area contributed by atoms with E-state index in [0.717, 1.165) is 16.5 Å². The van der Waals surface area contributed by atoms with Gasteiger partial charge in [-0.2, -0.15) is 0 Å². The zero-order chi connectivity index (χ0) is 19.6. The molecule has 0 bridgehead atoms. The van der Waals surface area contributed by atoms with E-state index in [1.54, 1.807) is 36.7 Å². The molecule has 0 saturated carbocycles. The summed E-state index contributed by atoms with van der Waals surface area (Å²) in [6, 6.07) is 18.6. The minimum Gasteiger partial charge on any atom is -0.486 e. The van der Waals surface area contributed by atoms with Crippen molar-refractivity contribution in [3.8, 4) is 22.8 Å². The molecule has 0 spiro atoms. The van der Waals surface area contributed by atoms with E-state index in [1.807, 2.05) is 36.4 Å². The number of benzene rings is 2. The quantitative estimate of drug-likeness (QED) is 0.570. The number of pyridine rings is 2. The summed E-state index contributed by atoms with van der Waals surface area (Å²) in [7, 11) is 0. The van der Waals surface area contributed by atoms with Crippen molar-refractivity contribution in [1.82, 2.24) is 9.97 Å². The van der Waals surface area contributed by atoms with Gasteiger partial charge in [-0.15, -0.1) is 0 Å². The number of rotatable bonds is 3. The first-order valence-electron chi connectivity index (χ1n) is 9.29. The van der Waals surface area contributed by atoms with E-state index in [-0.39, 0.29) is 5.91 Å². The summed E-state index contributed by atoms with van der Waals surface area (Å²) < 4.78 is 11.1. The van der Waals surface area contributed by atoms with Crippen LogP contribution in [0.4, 0.5) is 5.69 Å². The van der Waals surface area contributed by atoms with Crippen LogP contribution in [0.2, 0.25) is 0 Å². The molecular formula is C23H17N3O3. The van der Waals surface area contributed by atoms with Gasteiger partial charge >= 0.3 is 0 Å². The van der Waals surface area contributed by atoms with Gasteiger partial charge in [0.2, 0.25) is 0 Å². The van der Waals surface area contributed by atoms with Crippen molar-refractivity contribution in [3.63, 3.8) is 0 Å². The van der Waals surface area contributed by atoms with E-state index in [0.29, 0.717) is 41.7 Å². The lowest BCUT2D eigenvalue weighted by Crippen LogP contribution is -2.16. The largest absolute Gasteiger partial charge is 0.486 e. The van der Waals surface area contributed by atoms with E-state index in [4.69, 9.17) is 14.5 Å². The van der Waals surface area contributed by atoms with Gasteiger partial charge in [-0.05, 0) is 36.4 Å². The van der Waals surface area contributed by atoms with E-state index >= 15 is 0 Å². The zero-order valence-corrected chi connectivity index (χ0v) is 15.5. The lowest BCUT2D eigenvalue weighted by molar-refractivity contribution is 0.102. The number of para-hydroxylation sites is 1. The van der Waals surface area contributed by atoms with Crippen LogP contribution < -0.4 is 14.8 Å². The molecule has 1 N–H and O–H groups in total. The first kappa shape index (κ1) is 17.2. The van der Waals surface area contributed by atoms with Gasteiger partial charge in [-0.3, -0.25) is 9.78 Å². The van der Waals surface area contributed by atoms with Crippen molar-refractivity contribution in [2.24, 2.45) is 0 Å². The second kappa shape index (κ2) is 7.24. The fourth-order valence-electron chi connectivity index (χ4n) is 3.34. The maximum atomic E-state index is 13.2. The molecule has 29 heavy (non-hydrogen) atoms. The fraction of sp³-hybridized carbons (Fsp3) is 0.0870. The standard InChI is InChI=1S/C23H17N3O3/c27-23(25-16-7-8-21-22(12-16)29-11-10-28-21)18-13-20(15-4-3-9-24-14-15)26-19-6-2-1-5-17(18)19/h1-9,12-14H,10-11H2,(H,25,27). The Labute approximate surface area is 167 Å². The highest BCUT2D eigenvalue weighted by atomic mass is 16.6. The molecule has 1 aliphatic heterocycles. The minimum absolute atomic E-state index is 0.217. The van der Waals surface area contributed by atoms with E-state index in [2.05, 4.69) is 10.3 Å². The number of carbonyl (C=O) groups is 1. The Morgan fingerprint density at radius 3 is 2.66 bits per heavy atom. The monoisotopic (exact) mass is 383 g/mol. The number of hydrogen-bond donors (Lipinski definition) is 1. The number of aromatic nitrogens is 2. The molecule has 0 aliphatic carbocycles. The van der Waals surface area contributed by atoms with Crippen LogP contribution >= 0.6 is 0 Å². The van der Waals surface area contributed by atoms with Crippen molar-refractivity contribution in [2.75, 3.05) is 18.5 Å². The van der Waals surface area contributed by atoms with Crippen molar-refractivity contribution in [3.05, 3.63) is 78.6 Å². The number of nitrogens with one attached hydrogen (secondary N) is 1. The number of fused-ring (bicyclic) bond motifs is 2. The molecule has 3 heterocycles. The third-order valence-electron chi connectivity index (χ3n) is 4.72. The average molecular weight is 383 g/mol. The van der Waals surface area contributed by atoms with Gasteiger partial charge in [0.15, 0.2) is 11.5 Å². The van der Waals surface area contributed by atoms with Gasteiger partial charge in [0.05, 0.1) is 16.8 Å². The Hall–Kier alpha value is -3.93. The predicted molar refractivity (Wildman–Crippen MR) is 110 cm³/mol. The first-order valence-corrected chi connectivity index (χ1v) is 9.29. The summed E-state index contributed by atoms with van der Waals surface area (Å²) >= 11 is 0. The third-order valence-corrected chi connectivity index (χ3v) is 4.72. The first-order chi connectivity index (χ1) is 14.3. The molecule has 6 nitrogen and oxygen atoms in total. The average Bonchev–Trinajstić information content (AvgIpc) is 2.79. The molecule has 2 aromatic heterocycles. The third kappa shape index (κ3) is 3.36. The molecular weight excluding hydrogens is 366 g/mol. The number of amides is 1. The van der Waals surface area contributed by atoms with Crippen LogP contribution in [0.1, 0.15) is 10.4 Å². The van der Waals surface area contributed by atoms with Crippen LogP contribution in [0.25, 0.3) is 22.2 Å². The molecule has 0 radical (unpaired) electrons. The van der Waals surface area contributed by atoms with Crippen LogP contribution in [0, 0.1) is 0 Å². The number of carbonyl (C=O) groups excluding carboxylic acids is 1. The molecule has 0 fully saturated rings. The molecule has 0 saturated heterocycles. The van der Waals surface area contributed by atoms with E-state index in [9.17, 15) is 4.79 Å². The molecule has 0 atom stereocenters. The fourth-order valence-corrected chi connectivity index (χ4v) is 3.34. The van der Waals surface area contributed by atoms with Crippen molar-refractivity contribution in [2.45, 2.75) is 0 Å². The predicted octanol–water partition coefficient (Wildman–Crippen LogP) is 4.32. The van der Waals surface area contributed by atoms with E-state index in [1.165, 1.54) is 0 Å². The van der Waals surface area contributed by atoms with Gasteiger partial charge in [0, 0.05) is 35.1 Å². The summed E-state index contributed by atoms with van der Waals surface area (Å²) in [6.45, 7) is 1.02. The second-order valence-electron chi connectivity index (χ2n) is 6.63. The van der Waals surface area contributed by atoms with Crippen LogP contribution in [0.5, 0.6) is 11.5 Å². The maximum Gasteiger partial charge on any atom is 0.256 e. The van der Waals surface area contributed by atoms with Crippen LogP contribution in [-0.4, -0.2) is 29.1 Å². The Balaban J connectivity index is 1.54. The Bertz CT molecular complexity index is 1210. The van der Waals surface area contributed by atoms with Gasteiger partial charge in [0.1, 0.15) is 13.2 Å². The lowest BCUT2D eigenvalue weighted by Gasteiger charge is -2.19. The van der Waals surface area contributed by atoms with E-state index < -0.39 is 0 Å². The van der Waals surface area contributed by atoms with Gasteiger partial charge in [0.25, 0.3) is 5.91 Å². The van der Waals surface area contributed by atoms with Crippen molar-refractivity contribution >= 4 is 22.5 Å². The molecule has 1 amide bonds. The zero-order valence-electron chi connectivity index (χ0n) is 15.5. The normalized spacial score (nSPS) is 12.6. The number of nitrogens with zero attached hydrogens (tertiary/aromatic N) is 2. The highest BCUT2D eigenvalue weighted by Crippen LogP contribution is 2.33. The summed E-state index contributed by atoms with van der Waals surface area (Å²) in [4.78, 5) is 22.0. The SMILES string of the molecule is O=C(Nc1ccc2c(c1)OCCO2)c1cc(-c2cccnc2)nc2ccccc12. The van der Waals surface area contributed by atoms with Crippen LogP contribution in [0.3, 0.4) is 0 Å². The van der Waals surface area contributed by atoms with Gasteiger partial charge < -0.3 is 14.8 Å². The molecule has 2 aromatic carbocycles. The Morgan fingerprint density at radius 2 is 1.79 bits per heavy atom. The molecule has 4 aromatic rings. The Kier molecular flexibility index (Phi) is 4.29. The molecule has 0 unspecified atom stereocenters. The van der Waals surface area contributed by atoms with Gasteiger partial charge in [-0.25, -0.2) is 4.98 Å². The Morgan fingerprint density at radius 1 is 0.931 bits per heavy atom. The highest BCUT2D eigenvalue weighted by Gasteiger charge is 2.16. The minimum atomic E-state index is -0.217. The molecule has 1 aliphatic rings. The summed E-state index contributed by atoms with van der Waals surface area (Å²) in [5.74, 6) is 1.09. The van der Waals surface area contributed by atoms with Crippen molar-refractivity contribution in [1.29, 1.82) is 0 Å². The van der Waals surface area contributed by atoms with Crippen LogP contribution in [0.15, 0.2) is 73.1 Å². The number of anilines is 1. The van der Waals surface area contributed by atoms with Crippen molar-refractivity contribution < 1.29 is 14.3 Å².